The van der Waals surface area contributed by atoms with Crippen molar-refractivity contribution in [1.82, 2.24) is 9.97 Å². The van der Waals surface area contributed by atoms with E-state index in [4.69, 9.17) is 0 Å². The van der Waals surface area contributed by atoms with Gasteiger partial charge in [-0.25, -0.2) is 14.4 Å². The Balaban J connectivity index is 2.42. The molecule has 0 saturated heterocycles. The molecular weight excluding hydrogens is 331 g/mol. The van der Waals surface area contributed by atoms with Crippen LogP contribution in [0.1, 0.15) is 38.2 Å². The largest absolute Gasteiger partial charge is 0.432 e. The SMILES string of the molecule is C/C=c1/nc(C)nc(N[C@H](C)c2cccc(OC(F)F)c2F)/c1=C/C. The summed E-state index contributed by atoms with van der Waals surface area (Å²) in [6.07, 6.45) is 3.72. The summed E-state index contributed by atoms with van der Waals surface area (Å²) in [5, 5.41) is 4.69. The van der Waals surface area contributed by atoms with Crippen molar-refractivity contribution in [3.8, 4) is 5.75 Å². The van der Waals surface area contributed by atoms with E-state index in [1.54, 1.807) is 13.8 Å². The van der Waals surface area contributed by atoms with Crippen LogP contribution in [0.25, 0.3) is 12.2 Å². The molecule has 0 bridgehead atoms. The number of hydrogen-bond acceptors (Lipinski definition) is 4. The third kappa shape index (κ3) is 4.29. The minimum Gasteiger partial charge on any atom is -0.432 e. The smallest absolute Gasteiger partial charge is 0.387 e. The van der Waals surface area contributed by atoms with E-state index in [2.05, 4.69) is 20.0 Å². The van der Waals surface area contributed by atoms with Crippen LogP contribution >= 0.6 is 0 Å². The van der Waals surface area contributed by atoms with Gasteiger partial charge in [0.25, 0.3) is 0 Å². The van der Waals surface area contributed by atoms with Gasteiger partial charge in [0.2, 0.25) is 0 Å². The Labute approximate surface area is 144 Å². The van der Waals surface area contributed by atoms with E-state index in [0.29, 0.717) is 11.6 Å². The van der Waals surface area contributed by atoms with Gasteiger partial charge in [-0.2, -0.15) is 8.78 Å². The molecule has 25 heavy (non-hydrogen) atoms. The van der Waals surface area contributed by atoms with Crippen molar-refractivity contribution in [2.75, 3.05) is 5.32 Å². The van der Waals surface area contributed by atoms with Crippen LogP contribution in [0.15, 0.2) is 18.2 Å². The predicted molar refractivity (Wildman–Crippen MR) is 91.4 cm³/mol. The Bertz CT molecular complexity index is 869. The van der Waals surface area contributed by atoms with Crippen molar-refractivity contribution in [2.45, 2.75) is 40.3 Å². The van der Waals surface area contributed by atoms with E-state index in [1.807, 2.05) is 26.0 Å². The first kappa shape index (κ1) is 18.8. The van der Waals surface area contributed by atoms with Crippen LogP contribution in [-0.4, -0.2) is 16.6 Å². The van der Waals surface area contributed by atoms with Crippen molar-refractivity contribution in [3.05, 3.63) is 46.0 Å². The minimum absolute atomic E-state index is 0.207. The molecule has 0 aliphatic rings. The van der Waals surface area contributed by atoms with Gasteiger partial charge in [0, 0.05) is 10.8 Å². The fourth-order valence-corrected chi connectivity index (χ4v) is 2.55. The van der Waals surface area contributed by atoms with Crippen molar-refractivity contribution in [3.63, 3.8) is 0 Å². The number of aromatic nitrogens is 2. The summed E-state index contributed by atoms with van der Waals surface area (Å²) in [7, 11) is 0. The molecule has 7 heteroatoms. The van der Waals surface area contributed by atoms with Crippen LogP contribution in [-0.2, 0) is 0 Å². The van der Waals surface area contributed by atoms with E-state index in [-0.39, 0.29) is 5.56 Å². The minimum atomic E-state index is -3.08. The number of nitrogens with zero attached hydrogens (tertiary/aromatic N) is 2. The highest BCUT2D eigenvalue weighted by Gasteiger charge is 2.18. The molecule has 0 spiro atoms. The standard InChI is InChI=1S/C18H20F3N3O/c1-5-12-14(6-2)23-11(4)24-17(12)22-10(3)13-8-7-9-15(16(13)19)25-18(20)21/h5-10,18H,1-4H3,(H,22,23,24)/b12-5+,14-6+/t10-/m1/s1. The topological polar surface area (TPSA) is 47.0 Å². The number of ether oxygens (including phenoxy) is 1. The van der Waals surface area contributed by atoms with E-state index < -0.39 is 24.2 Å². The molecule has 0 radical (unpaired) electrons. The second-order valence-corrected chi connectivity index (χ2v) is 5.40. The molecule has 134 valence electrons. The summed E-state index contributed by atoms with van der Waals surface area (Å²) in [4.78, 5) is 8.72. The number of alkyl halides is 2. The maximum Gasteiger partial charge on any atom is 0.387 e. The predicted octanol–water partition coefficient (Wildman–Crippen LogP) is 3.30. The van der Waals surface area contributed by atoms with E-state index >= 15 is 0 Å². The Morgan fingerprint density at radius 3 is 2.48 bits per heavy atom. The fraction of sp³-hybridized carbons (Fsp3) is 0.333. The Morgan fingerprint density at radius 1 is 1.16 bits per heavy atom. The first-order valence-electron chi connectivity index (χ1n) is 7.84. The van der Waals surface area contributed by atoms with Crippen LogP contribution in [0.2, 0.25) is 0 Å². The number of benzene rings is 1. The number of rotatable bonds is 5. The van der Waals surface area contributed by atoms with Crippen molar-refractivity contribution < 1.29 is 17.9 Å². The molecule has 0 aliphatic carbocycles. The quantitative estimate of drug-likeness (QED) is 0.898. The van der Waals surface area contributed by atoms with Crippen LogP contribution in [0.5, 0.6) is 5.75 Å². The molecule has 0 amide bonds. The molecule has 0 unspecified atom stereocenters. The lowest BCUT2D eigenvalue weighted by molar-refractivity contribution is -0.0522. The molecule has 1 N–H and O–H groups in total. The zero-order chi connectivity index (χ0) is 18.6. The van der Waals surface area contributed by atoms with Crippen molar-refractivity contribution in [2.24, 2.45) is 0 Å². The molecule has 0 saturated carbocycles. The second-order valence-electron chi connectivity index (χ2n) is 5.40. The summed E-state index contributed by atoms with van der Waals surface area (Å²) < 4.78 is 43.4. The molecule has 1 aromatic heterocycles. The van der Waals surface area contributed by atoms with Gasteiger partial charge in [-0.15, -0.1) is 0 Å². The summed E-state index contributed by atoms with van der Waals surface area (Å²) in [5.41, 5.74) is 0.207. The maximum atomic E-state index is 14.4. The van der Waals surface area contributed by atoms with Crippen LogP contribution in [0.3, 0.4) is 0 Å². The molecule has 1 heterocycles. The number of aryl methyl sites for hydroxylation is 1. The molecular formula is C18H20F3N3O. The van der Waals surface area contributed by atoms with Gasteiger partial charge >= 0.3 is 6.61 Å². The summed E-state index contributed by atoms with van der Waals surface area (Å²) in [5.74, 6) is -0.179. The highest BCUT2D eigenvalue weighted by atomic mass is 19.3. The van der Waals surface area contributed by atoms with E-state index in [1.165, 1.54) is 18.2 Å². The van der Waals surface area contributed by atoms with Gasteiger partial charge in [-0.05, 0) is 33.8 Å². The second kappa shape index (κ2) is 8.00. The molecule has 4 nitrogen and oxygen atoms in total. The lowest BCUT2D eigenvalue weighted by Crippen LogP contribution is -2.33. The Morgan fingerprint density at radius 2 is 1.88 bits per heavy atom. The van der Waals surface area contributed by atoms with E-state index in [0.717, 1.165) is 10.6 Å². The van der Waals surface area contributed by atoms with Crippen LogP contribution in [0, 0.1) is 12.7 Å². The van der Waals surface area contributed by atoms with Gasteiger partial charge < -0.3 is 10.1 Å². The van der Waals surface area contributed by atoms with Gasteiger partial charge in [-0.1, -0.05) is 24.3 Å². The highest BCUT2D eigenvalue weighted by Crippen LogP contribution is 2.27. The molecule has 0 aliphatic heterocycles. The van der Waals surface area contributed by atoms with Crippen LogP contribution in [0.4, 0.5) is 19.0 Å². The highest BCUT2D eigenvalue weighted by molar-refractivity contribution is 5.46. The third-order valence-corrected chi connectivity index (χ3v) is 3.68. The number of nitrogens with one attached hydrogen (secondary N) is 1. The Hall–Kier alpha value is -2.57. The van der Waals surface area contributed by atoms with Gasteiger partial charge in [0.05, 0.1) is 11.4 Å². The normalized spacial score (nSPS) is 14.1. The molecule has 2 aromatic rings. The zero-order valence-corrected chi connectivity index (χ0v) is 14.5. The Kier molecular flexibility index (Phi) is 6.01. The molecule has 0 fully saturated rings. The molecule has 1 aromatic carbocycles. The fourth-order valence-electron chi connectivity index (χ4n) is 2.55. The summed E-state index contributed by atoms with van der Waals surface area (Å²) in [6.45, 7) is 4.12. The maximum absolute atomic E-state index is 14.4. The van der Waals surface area contributed by atoms with Crippen LogP contribution < -0.4 is 20.6 Å². The molecule has 2 rings (SSSR count). The lowest BCUT2D eigenvalue weighted by Gasteiger charge is -2.18. The number of anilines is 1. The van der Waals surface area contributed by atoms with Gasteiger partial charge in [0.15, 0.2) is 11.6 Å². The average molecular weight is 351 g/mol. The number of halogens is 3. The van der Waals surface area contributed by atoms with E-state index in [9.17, 15) is 13.2 Å². The molecule has 1 atom stereocenters. The third-order valence-electron chi connectivity index (χ3n) is 3.68. The monoisotopic (exact) mass is 351 g/mol. The van der Waals surface area contributed by atoms with Crippen molar-refractivity contribution >= 4 is 18.0 Å². The summed E-state index contributed by atoms with van der Waals surface area (Å²) in [6, 6.07) is 3.64. The van der Waals surface area contributed by atoms with Crippen molar-refractivity contribution in [1.29, 1.82) is 0 Å². The summed E-state index contributed by atoms with van der Waals surface area (Å²) >= 11 is 0. The first-order valence-corrected chi connectivity index (χ1v) is 7.84. The lowest BCUT2D eigenvalue weighted by atomic mass is 10.1. The van der Waals surface area contributed by atoms with Gasteiger partial charge in [0.1, 0.15) is 11.6 Å². The average Bonchev–Trinajstić information content (AvgIpc) is 2.55. The first-order chi connectivity index (χ1) is 11.9. The zero-order valence-electron chi connectivity index (χ0n) is 14.5. The van der Waals surface area contributed by atoms with Gasteiger partial charge in [-0.3, -0.25) is 0 Å². The number of hydrogen-bond donors (Lipinski definition) is 1.